The summed E-state index contributed by atoms with van der Waals surface area (Å²) >= 11 is 0. The fourth-order valence-electron chi connectivity index (χ4n) is 14.8. The molecule has 74 heavy (non-hydrogen) atoms. The molecule has 13 aromatic rings. The minimum absolute atomic E-state index is 0.0175. The van der Waals surface area contributed by atoms with Crippen LogP contribution >= 0.6 is 0 Å². The van der Waals surface area contributed by atoms with Crippen LogP contribution < -0.4 is 49.2 Å². The second kappa shape index (κ2) is 14.7. The quantitative estimate of drug-likeness (QED) is 0.147. The zero-order valence-electron chi connectivity index (χ0n) is 41.4. The molecule has 0 spiro atoms. The lowest BCUT2D eigenvalue weighted by atomic mass is 9.27. The highest BCUT2D eigenvalue weighted by atomic mass is 15.1. The van der Waals surface area contributed by atoms with Crippen molar-refractivity contribution in [2.45, 2.75) is 20.8 Å². The molecule has 11 aromatic carbocycles. The monoisotopic (exact) mass is 934 g/mol. The van der Waals surface area contributed by atoms with Crippen LogP contribution in [-0.2, 0) is 0 Å². The Bertz CT molecular complexity index is 4590. The smallest absolute Gasteiger partial charge is 0.252 e. The second-order valence-electron chi connectivity index (χ2n) is 21.5. The van der Waals surface area contributed by atoms with Crippen molar-refractivity contribution < 1.29 is 0 Å². The number of aryl methyl sites for hydroxylation is 2. The molecule has 0 fully saturated rings. The summed E-state index contributed by atoms with van der Waals surface area (Å²) in [6.45, 7) is 7.02. The summed E-state index contributed by atoms with van der Waals surface area (Å²) in [5, 5.41) is 5.43. The molecule has 2 nitrogen and oxygen atoms in total. The van der Waals surface area contributed by atoms with E-state index in [0.29, 0.717) is 0 Å². The maximum Gasteiger partial charge on any atom is 0.252 e. The van der Waals surface area contributed by atoms with Gasteiger partial charge >= 0.3 is 0 Å². The molecule has 0 radical (unpaired) electrons. The van der Waals surface area contributed by atoms with Crippen LogP contribution in [-0.4, -0.2) is 29.3 Å². The molecule has 0 atom stereocenters. The Balaban J connectivity index is 1.11. The molecule has 6 heterocycles. The first-order valence-electron chi connectivity index (χ1n) is 26.4. The van der Waals surface area contributed by atoms with Gasteiger partial charge in [-0.15, -0.1) is 0 Å². The topological polar surface area (TPSA) is 9.86 Å². The predicted octanol–water partition coefficient (Wildman–Crippen LogP) is 10.3. The molecule has 2 aromatic heterocycles. The van der Waals surface area contributed by atoms with Gasteiger partial charge in [-0.3, -0.25) is 0 Å². The molecule has 4 aliphatic rings. The van der Waals surface area contributed by atoms with Gasteiger partial charge in [0.25, 0.3) is 6.71 Å². The molecule has 0 aliphatic carbocycles. The average Bonchev–Trinajstić information content (AvgIpc) is 4.04. The third-order valence-corrected chi connectivity index (χ3v) is 17.8. The van der Waals surface area contributed by atoms with Crippen LogP contribution in [0.3, 0.4) is 0 Å². The SMILES string of the molecule is Cc1ccc(B2c3c(C)c4c5c6c3-n3c7c2ccc(C)c7c2c(-c7ccccc7)ccc(c23)B6c2ccc(-c3ccccc3)c3c6c(-c7ccccc7)ccc(c6n-5c23)B4c2ccc(-c3ccccc3)cc2)cc1. The number of aromatic nitrogens is 2. The van der Waals surface area contributed by atoms with Crippen molar-refractivity contribution in [2.75, 3.05) is 0 Å². The van der Waals surface area contributed by atoms with Gasteiger partial charge in [0.15, 0.2) is 0 Å². The van der Waals surface area contributed by atoms with Crippen molar-refractivity contribution in [1.29, 1.82) is 0 Å². The molecular weight excluding hydrogens is 889 g/mol. The number of rotatable bonds is 6. The standard InChI is InChI=1S/C69H45B3N2/c1-40-24-29-48(30-25-40)70-53-36-26-41(2)57-58-50(45-18-10-5-11-19-45)34-38-55-66(58)73(64(53)57)68-61(70)42(3)62-69-63(68)72(55)56-39-35-52(47-22-14-7-15-23-47)60-59-51(46-20-12-6-13-21-46)33-37-54(65(59)74(69)67(56)60)71(62)49-31-27-44(28-32-49)43-16-8-4-9-17-43/h4-39H,1-3H3. The van der Waals surface area contributed by atoms with Gasteiger partial charge in [-0.25, -0.2) is 0 Å². The Kier molecular flexibility index (Phi) is 8.09. The van der Waals surface area contributed by atoms with Crippen LogP contribution in [0.2, 0.25) is 0 Å². The highest BCUT2D eigenvalue weighted by Crippen LogP contribution is 2.47. The van der Waals surface area contributed by atoms with E-state index in [-0.39, 0.29) is 20.1 Å². The van der Waals surface area contributed by atoms with E-state index in [4.69, 9.17) is 0 Å². The van der Waals surface area contributed by atoms with Crippen molar-refractivity contribution >= 4 is 113 Å². The van der Waals surface area contributed by atoms with Crippen LogP contribution in [0.1, 0.15) is 16.7 Å². The Hall–Kier alpha value is -8.79. The highest BCUT2D eigenvalue weighted by Gasteiger charge is 2.51. The van der Waals surface area contributed by atoms with Crippen LogP contribution in [0.25, 0.3) is 99.5 Å². The molecule has 340 valence electrons. The number of benzene rings is 11. The summed E-state index contributed by atoms with van der Waals surface area (Å²) in [7, 11) is 0. The minimum atomic E-state index is -0.0347. The summed E-state index contributed by atoms with van der Waals surface area (Å²) < 4.78 is 5.58. The van der Waals surface area contributed by atoms with Gasteiger partial charge in [-0.05, 0) is 109 Å². The number of fused-ring (bicyclic) bond motifs is 4. The fourth-order valence-corrected chi connectivity index (χ4v) is 14.8. The normalized spacial score (nSPS) is 13.3. The summed E-state index contributed by atoms with van der Waals surface area (Å²) in [5.74, 6) is 0. The Labute approximate surface area is 431 Å². The first-order valence-corrected chi connectivity index (χ1v) is 26.4. The highest BCUT2D eigenvalue weighted by molar-refractivity contribution is 7.06. The maximum atomic E-state index is 2.80. The molecule has 0 saturated heterocycles. The van der Waals surface area contributed by atoms with Crippen molar-refractivity contribution in [3.8, 4) is 55.9 Å². The van der Waals surface area contributed by atoms with Crippen molar-refractivity contribution in [3.63, 3.8) is 0 Å². The van der Waals surface area contributed by atoms with Crippen LogP contribution in [0.4, 0.5) is 0 Å². The van der Waals surface area contributed by atoms with E-state index in [0.717, 1.165) is 0 Å². The van der Waals surface area contributed by atoms with E-state index in [1.54, 1.807) is 0 Å². The molecule has 0 amide bonds. The summed E-state index contributed by atoms with van der Waals surface area (Å²) in [6.07, 6.45) is 0. The van der Waals surface area contributed by atoms with E-state index < -0.39 is 0 Å². The van der Waals surface area contributed by atoms with Crippen molar-refractivity contribution in [1.82, 2.24) is 9.13 Å². The first kappa shape index (κ1) is 40.8. The summed E-state index contributed by atoms with van der Waals surface area (Å²) in [6, 6.07) is 83.2. The third-order valence-electron chi connectivity index (χ3n) is 17.8. The minimum Gasteiger partial charge on any atom is -0.311 e. The number of hydrogen-bond donors (Lipinski definition) is 0. The van der Waals surface area contributed by atoms with Gasteiger partial charge in [0.1, 0.15) is 0 Å². The lowest BCUT2D eigenvalue weighted by molar-refractivity contribution is 1.15. The van der Waals surface area contributed by atoms with Gasteiger partial charge < -0.3 is 9.13 Å². The molecule has 0 N–H and O–H groups in total. The molecule has 0 bridgehead atoms. The molecule has 0 saturated carbocycles. The number of nitrogens with zero attached hydrogens (tertiary/aromatic N) is 2. The van der Waals surface area contributed by atoms with Gasteiger partial charge in [0.2, 0.25) is 13.4 Å². The van der Waals surface area contributed by atoms with Crippen LogP contribution in [0.5, 0.6) is 0 Å². The van der Waals surface area contributed by atoms with Gasteiger partial charge in [-0.1, -0.05) is 240 Å². The molecule has 0 unspecified atom stereocenters. The van der Waals surface area contributed by atoms with E-state index in [1.807, 2.05) is 0 Å². The molecule has 4 aliphatic heterocycles. The molecular formula is C69H45B3N2. The van der Waals surface area contributed by atoms with Crippen LogP contribution in [0.15, 0.2) is 218 Å². The Morgan fingerprint density at radius 1 is 0.284 bits per heavy atom. The fraction of sp³-hybridized carbons (Fsp3) is 0.0435. The first-order chi connectivity index (χ1) is 36.5. The second-order valence-corrected chi connectivity index (χ2v) is 21.5. The lowest BCUT2D eigenvalue weighted by Crippen LogP contribution is -2.70. The van der Waals surface area contributed by atoms with E-state index in [1.165, 1.54) is 165 Å². The van der Waals surface area contributed by atoms with Crippen LogP contribution in [0, 0.1) is 20.8 Å². The molecule has 17 rings (SSSR count). The number of hydrogen-bond acceptors (Lipinski definition) is 0. The Morgan fingerprint density at radius 3 is 1.08 bits per heavy atom. The van der Waals surface area contributed by atoms with Crippen molar-refractivity contribution in [2.24, 2.45) is 0 Å². The average molecular weight is 935 g/mol. The van der Waals surface area contributed by atoms with Crippen molar-refractivity contribution in [3.05, 3.63) is 235 Å². The maximum absolute atomic E-state index is 2.80. The molecule has 5 heteroatoms. The Morgan fingerprint density at radius 2 is 0.635 bits per heavy atom. The zero-order chi connectivity index (χ0) is 48.7. The van der Waals surface area contributed by atoms with E-state index in [9.17, 15) is 0 Å². The van der Waals surface area contributed by atoms with E-state index in [2.05, 4.69) is 248 Å². The largest absolute Gasteiger partial charge is 0.311 e. The lowest BCUT2D eigenvalue weighted by Gasteiger charge is -2.43. The van der Waals surface area contributed by atoms with Gasteiger partial charge in [0, 0.05) is 55.0 Å². The van der Waals surface area contributed by atoms with Gasteiger partial charge in [0.05, 0.1) is 0 Å². The van der Waals surface area contributed by atoms with E-state index >= 15 is 0 Å². The third kappa shape index (κ3) is 5.09. The summed E-state index contributed by atoms with van der Waals surface area (Å²) in [4.78, 5) is 0. The van der Waals surface area contributed by atoms with Gasteiger partial charge in [-0.2, -0.15) is 0 Å². The predicted molar refractivity (Wildman–Crippen MR) is 318 cm³/mol. The zero-order valence-corrected chi connectivity index (χ0v) is 41.4. The summed E-state index contributed by atoms with van der Waals surface area (Å²) in [5.41, 5.74) is 34.7.